The van der Waals surface area contributed by atoms with Crippen LogP contribution in [0.3, 0.4) is 0 Å². The summed E-state index contributed by atoms with van der Waals surface area (Å²) in [7, 11) is 0. The predicted octanol–water partition coefficient (Wildman–Crippen LogP) is 6.01. The Morgan fingerprint density at radius 2 is 1.22 bits per heavy atom. The fourth-order valence-corrected chi connectivity index (χ4v) is 2.15. The molecule has 0 spiro atoms. The van der Waals surface area contributed by atoms with Gasteiger partial charge in [0, 0.05) is 0 Å². The van der Waals surface area contributed by atoms with Crippen molar-refractivity contribution in [1.82, 2.24) is 0 Å². The minimum absolute atomic E-state index is 0.242. The van der Waals surface area contributed by atoms with Gasteiger partial charge in [-0.1, -0.05) is 66.7 Å². The van der Waals surface area contributed by atoms with Crippen molar-refractivity contribution in [3.63, 3.8) is 0 Å². The summed E-state index contributed by atoms with van der Waals surface area (Å²) in [6.07, 6.45) is 2.43. The van der Waals surface area contributed by atoms with Crippen molar-refractivity contribution in [3.8, 4) is 0 Å². The lowest BCUT2D eigenvalue weighted by Crippen LogP contribution is -2.13. The predicted molar refractivity (Wildman–Crippen MR) is 82.6 cm³/mol. The van der Waals surface area contributed by atoms with E-state index in [1.807, 2.05) is 0 Å². The minimum Gasteiger partial charge on any atom is -0.0648 e. The maximum atomic E-state index is 2.43. The molecule has 0 N–H and O–H groups in total. The van der Waals surface area contributed by atoms with Crippen LogP contribution < -0.4 is 0 Å². The molecule has 0 aliphatic heterocycles. The molecule has 0 radical (unpaired) electrons. The number of benzene rings is 1. The van der Waals surface area contributed by atoms with Crippen molar-refractivity contribution in [3.05, 3.63) is 34.9 Å². The molecule has 0 aromatic heterocycles. The number of hydrogen-bond acceptors (Lipinski definition) is 0. The monoisotopic (exact) mass is 246 g/mol. The van der Waals surface area contributed by atoms with Crippen molar-refractivity contribution in [2.24, 2.45) is 0 Å². The molecule has 1 aromatic rings. The zero-order chi connectivity index (χ0) is 13.9. The molecule has 2 unspecified atom stereocenters. The Hall–Kier alpha value is -0.780. The Morgan fingerprint density at radius 1 is 0.833 bits per heavy atom. The smallest absolute Gasteiger partial charge is 0.0132 e. The van der Waals surface area contributed by atoms with E-state index in [1.165, 1.54) is 29.5 Å². The molecule has 0 bridgehead atoms. The van der Waals surface area contributed by atoms with Gasteiger partial charge in [-0.3, -0.25) is 0 Å². The summed E-state index contributed by atoms with van der Waals surface area (Å²) >= 11 is 0. The first-order valence-electron chi connectivity index (χ1n) is 7.44. The lowest BCUT2D eigenvalue weighted by Gasteiger charge is -2.24. The quantitative estimate of drug-likeness (QED) is 0.610. The molecule has 1 rings (SSSR count). The highest BCUT2D eigenvalue weighted by atomic mass is 14.2. The van der Waals surface area contributed by atoms with E-state index in [4.69, 9.17) is 0 Å². The number of rotatable bonds is 4. The zero-order valence-corrected chi connectivity index (χ0v) is 13.3. The van der Waals surface area contributed by atoms with Crippen LogP contribution in [0.5, 0.6) is 0 Å². The third kappa shape index (κ3) is 3.60. The summed E-state index contributed by atoms with van der Waals surface area (Å²) < 4.78 is 0. The molecule has 2 atom stereocenters. The Kier molecular flexibility index (Phi) is 5.01. The first-order valence-corrected chi connectivity index (χ1v) is 7.44. The summed E-state index contributed by atoms with van der Waals surface area (Å²) in [5.74, 6) is 1.32. The molecular formula is C18H30. The maximum absolute atomic E-state index is 2.43. The van der Waals surface area contributed by atoms with E-state index in [-0.39, 0.29) is 5.41 Å². The first kappa shape index (κ1) is 15.3. The molecule has 102 valence electrons. The molecular weight excluding hydrogens is 216 g/mol. The average molecular weight is 246 g/mol. The van der Waals surface area contributed by atoms with Crippen molar-refractivity contribution < 1.29 is 0 Å². The second kappa shape index (κ2) is 5.91. The van der Waals surface area contributed by atoms with Crippen molar-refractivity contribution in [2.75, 3.05) is 0 Å². The van der Waals surface area contributed by atoms with Gasteiger partial charge in [0.25, 0.3) is 0 Å². The largest absolute Gasteiger partial charge is 0.0648 e. The van der Waals surface area contributed by atoms with Crippen molar-refractivity contribution in [1.29, 1.82) is 0 Å². The molecule has 0 saturated carbocycles. The first-order chi connectivity index (χ1) is 8.29. The van der Waals surface area contributed by atoms with Crippen LogP contribution in [0.4, 0.5) is 0 Å². The Labute approximate surface area is 114 Å². The van der Waals surface area contributed by atoms with E-state index >= 15 is 0 Å². The molecule has 0 heterocycles. The van der Waals surface area contributed by atoms with Crippen molar-refractivity contribution >= 4 is 0 Å². The van der Waals surface area contributed by atoms with Gasteiger partial charge in [-0.05, 0) is 46.8 Å². The SMILES string of the molecule is CCC(C)c1cc(C(C)CC)cc(C(C)(C)C)c1. The van der Waals surface area contributed by atoms with Crippen LogP contribution in [-0.2, 0) is 5.41 Å². The molecule has 0 fully saturated rings. The van der Waals surface area contributed by atoms with Crippen LogP contribution >= 0.6 is 0 Å². The van der Waals surface area contributed by atoms with Crippen LogP contribution in [-0.4, -0.2) is 0 Å². The van der Waals surface area contributed by atoms with Crippen LogP contribution in [0, 0.1) is 0 Å². The van der Waals surface area contributed by atoms with Gasteiger partial charge < -0.3 is 0 Å². The minimum atomic E-state index is 0.242. The normalized spacial score (nSPS) is 15.5. The van der Waals surface area contributed by atoms with Crippen LogP contribution in [0.15, 0.2) is 18.2 Å². The van der Waals surface area contributed by atoms with E-state index in [1.54, 1.807) is 0 Å². The van der Waals surface area contributed by atoms with Crippen LogP contribution in [0.25, 0.3) is 0 Å². The fraction of sp³-hybridized carbons (Fsp3) is 0.667. The standard InChI is InChI=1S/C18H30/c1-8-13(3)15-10-16(14(4)9-2)12-17(11-15)18(5,6)7/h10-14H,8-9H2,1-7H3. The van der Waals surface area contributed by atoms with Crippen molar-refractivity contribution in [2.45, 2.75) is 78.6 Å². The average Bonchev–Trinajstić information content (AvgIpc) is 2.35. The van der Waals surface area contributed by atoms with Gasteiger partial charge in [0.15, 0.2) is 0 Å². The van der Waals surface area contributed by atoms with Crippen LogP contribution in [0.1, 0.15) is 89.8 Å². The second-order valence-corrected chi connectivity index (χ2v) is 6.76. The van der Waals surface area contributed by atoms with Gasteiger partial charge in [-0.2, -0.15) is 0 Å². The molecule has 18 heavy (non-hydrogen) atoms. The Morgan fingerprint density at radius 3 is 1.50 bits per heavy atom. The van der Waals surface area contributed by atoms with E-state index in [9.17, 15) is 0 Å². The van der Waals surface area contributed by atoms with Gasteiger partial charge in [0.05, 0.1) is 0 Å². The van der Waals surface area contributed by atoms with Gasteiger partial charge in [-0.25, -0.2) is 0 Å². The highest BCUT2D eigenvalue weighted by molar-refractivity contribution is 5.37. The lowest BCUT2D eigenvalue weighted by molar-refractivity contribution is 0.584. The fourth-order valence-electron chi connectivity index (χ4n) is 2.15. The topological polar surface area (TPSA) is 0 Å². The molecule has 0 aliphatic rings. The second-order valence-electron chi connectivity index (χ2n) is 6.76. The van der Waals surface area contributed by atoms with Gasteiger partial charge in [0.1, 0.15) is 0 Å². The van der Waals surface area contributed by atoms with E-state index in [0.29, 0.717) is 11.8 Å². The highest BCUT2D eigenvalue weighted by Gasteiger charge is 2.18. The third-order valence-corrected chi connectivity index (χ3v) is 4.21. The summed E-state index contributed by atoms with van der Waals surface area (Å²) in [5.41, 5.74) is 4.75. The third-order valence-electron chi connectivity index (χ3n) is 4.21. The molecule has 0 heteroatoms. The molecule has 0 aliphatic carbocycles. The Bertz CT molecular complexity index is 353. The zero-order valence-electron chi connectivity index (χ0n) is 13.3. The molecule has 0 amide bonds. The molecule has 0 nitrogen and oxygen atoms in total. The summed E-state index contributed by atoms with van der Waals surface area (Å²) in [6, 6.07) is 7.26. The highest BCUT2D eigenvalue weighted by Crippen LogP contribution is 2.31. The van der Waals surface area contributed by atoms with Crippen LogP contribution in [0.2, 0.25) is 0 Å². The Balaban J connectivity index is 3.29. The number of hydrogen-bond donors (Lipinski definition) is 0. The van der Waals surface area contributed by atoms with Gasteiger partial charge in [-0.15, -0.1) is 0 Å². The van der Waals surface area contributed by atoms with E-state index in [2.05, 4.69) is 66.7 Å². The summed E-state index contributed by atoms with van der Waals surface area (Å²) in [6.45, 7) is 16.1. The molecule has 0 saturated heterocycles. The summed E-state index contributed by atoms with van der Waals surface area (Å²) in [4.78, 5) is 0. The van der Waals surface area contributed by atoms with Gasteiger partial charge >= 0.3 is 0 Å². The lowest BCUT2D eigenvalue weighted by atomic mass is 9.81. The van der Waals surface area contributed by atoms with Gasteiger partial charge in [0.2, 0.25) is 0 Å². The maximum Gasteiger partial charge on any atom is -0.0132 e. The molecule has 1 aromatic carbocycles. The summed E-state index contributed by atoms with van der Waals surface area (Å²) in [5, 5.41) is 0. The van der Waals surface area contributed by atoms with E-state index < -0.39 is 0 Å². The van der Waals surface area contributed by atoms with E-state index in [0.717, 1.165) is 0 Å².